The number of benzene rings is 9. The van der Waals surface area contributed by atoms with Crippen molar-refractivity contribution < 1.29 is 0 Å². The van der Waals surface area contributed by atoms with Crippen molar-refractivity contribution in [2.75, 3.05) is 0 Å². The average Bonchev–Trinajstić information content (AvgIpc) is 3.90. The van der Waals surface area contributed by atoms with Crippen molar-refractivity contribution in [2.24, 2.45) is 0 Å². The number of hydrogen-bond donors (Lipinski definition) is 0. The van der Waals surface area contributed by atoms with Gasteiger partial charge in [-0.05, 0) is 69.8 Å². The monoisotopic (exact) mass is 808 g/mol. The van der Waals surface area contributed by atoms with Gasteiger partial charge in [0.15, 0.2) is 17.5 Å². The summed E-state index contributed by atoms with van der Waals surface area (Å²) in [7, 11) is 0. The molecule has 9 aromatic carbocycles. The van der Waals surface area contributed by atoms with Gasteiger partial charge in [0.05, 0.1) is 16.7 Å². The first-order valence-electron chi connectivity index (χ1n) is 20.8. The van der Waals surface area contributed by atoms with Crippen LogP contribution in [0.25, 0.3) is 115 Å². The molecule has 0 amide bonds. The number of rotatable bonds is 7. The van der Waals surface area contributed by atoms with Crippen LogP contribution in [0.15, 0.2) is 218 Å². The SMILES string of the molecule is c1ccc(-c2ccc(-c3nc(-c4ccccc4)nc(-c4ccc(-c5cccc(-c6cccc7c6sc6ccccc67)c5)cc4)n3)c(-n3c4ccccc4c4ccccc43)c2)cc1. The first-order chi connectivity index (χ1) is 30.7. The Morgan fingerprint density at radius 2 is 0.790 bits per heavy atom. The Bertz CT molecular complexity index is 3570. The van der Waals surface area contributed by atoms with Gasteiger partial charge in [0, 0.05) is 47.6 Å². The molecule has 290 valence electrons. The second kappa shape index (κ2) is 14.9. The predicted octanol–water partition coefficient (Wildman–Crippen LogP) is 15.3. The van der Waals surface area contributed by atoms with E-state index in [0.29, 0.717) is 17.5 Å². The molecule has 12 rings (SSSR count). The normalized spacial score (nSPS) is 11.5. The Balaban J connectivity index is 0.994. The van der Waals surface area contributed by atoms with Gasteiger partial charge in [-0.15, -0.1) is 11.3 Å². The fourth-order valence-electron chi connectivity index (χ4n) is 8.89. The largest absolute Gasteiger partial charge is 0.308 e. The van der Waals surface area contributed by atoms with E-state index in [0.717, 1.165) is 55.7 Å². The van der Waals surface area contributed by atoms with Crippen LogP contribution in [0.3, 0.4) is 0 Å². The summed E-state index contributed by atoms with van der Waals surface area (Å²) in [4.78, 5) is 15.7. The molecule has 12 aromatic rings. The Kier molecular flexibility index (Phi) is 8.65. The zero-order valence-electron chi connectivity index (χ0n) is 33.5. The minimum atomic E-state index is 0.609. The van der Waals surface area contributed by atoms with Gasteiger partial charge < -0.3 is 4.57 Å². The highest BCUT2D eigenvalue weighted by Crippen LogP contribution is 2.42. The molecule has 62 heavy (non-hydrogen) atoms. The lowest BCUT2D eigenvalue weighted by atomic mass is 9.97. The van der Waals surface area contributed by atoms with Gasteiger partial charge in [0.1, 0.15) is 0 Å². The van der Waals surface area contributed by atoms with E-state index in [1.807, 2.05) is 29.5 Å². The molecule has 0 fully saturated rings. The van der Waals surface area contributed by atoms with Crippen molar-refractivity contribution in [3.8, 4) is 73.2 Å². The third-order valence-corrected chi connectivity index (χ3v) is 13.1. The van der Waals surface area contributed by atoms with Crippen molar-refractivity contribution in [1.82, 2.24) is 19.5 Å². The average molecular weight is 809 g/mol. The topological polar surface area (TPSA) is 43.6 Å². The van der Waals surface area contributed by atoms with E-state index < -0.39 is 0 Å². The molecule has 0 aliphatic rings. The molecule has 0 saturated heterocycles. The predicted molar refractivity (Wildman–Crippen MR) is 260 cm³/mol. The van der Waals surface area contributed by atoms with Gasteiger partial charge in [-0.2, -0.15) is 0 Å². The number of para-hydroxylation sites is 2. The van der Waals surface area contributed by atoms with Gasteiger partial charge in [0.25, 0.3) is 0 Å². The van der Waals surface area contributed by atoms with Crippen molar-refractivity contribution in [2.45, 2.75) is 0 Å². The Morgan fingerprint density at radius 1 is 0.306 bits per heavy atom. The molecule has 0 N–H and O–H groups in total. The zero-order chi connectivity index (χ0) is 41.0. The number of hydrogen-bond acceptors (Lipinski definition) is 4. The van der Waals surface area contributed by atoms with Gasteiger partial charge >= 0.3 is 0 Å². The molecule has 3 heterocycles. The van der Waals surface area contributed by atoms with Gasteiger partial charge in [-0.3, -0.25) is 0 Å². The summed E-state index contributed by atoms with van der Waals surface area (Å²) in [5, 5.41) is 5.01. The Morgan fingerprint density at radius 3 is 1.52 bits per heavy atom. The molecule has 0 atom stereocenters. The summed E-state index contributed by atoms with van der Waals surface area (Å²) in [6.45, 7) is 0. The molecule has 3 aromatic heterocycles. The second-order valence-corrected chi connectivity index (χ2v) is 16.6. The summed E-state index contributed by atoms with van der Waals surface area (Å²) in [6, 6.07) is 77.4. The van der Waals surface area contributed by atoms with Gasteiger partial charge in [-0.1, -0.05) is 182 Å². The van der Waals surface area contributed by atoms with Crippen molar-refractivity contribution >= 4 is 53.3 Å². The van der Waals surface area contributed by atoms with Crippen molar-refractivity contribution in [1.29, 1.82) is 0 Å². The fraction of sp³-hybridized carbons (Fsp3) is 0. The minimum Gasteiger partial charge on any atom is -0.308 e. The zero-order valence-corrected chi connectivity index (χ0v) is 34.3. The highest BCUT2D eigenvalue weighted by atomic mass is 32.1. The lowest BCUT2D eigenvalue weighted by Crippen LogP contribution is -2.04. The maximum atomic E-state index is 5.30. The van der Waals surface area contributed by atoms with E-state index in [1.54, 1.807) is 0 Å². The highest BCUT2D eigenvalue weighted by Gasteiger charge is 2.20. The van der Waals surface area contributed by atoms with Crippen LogP contribution in [0, 0.1) is 0 Å². The lowest BCUT2D eigenvalue weighted by Gasteiger charge is -2.16. The molecule has 0 bridgehead atoms. The Labute approximate surface area is 362 Å². The third-order valence-electron chi connectivity index (χ3n) is 11.9. The molecular formula is C57H36N4S. The Hall–Kier alpha value is -7.99. The van der Waals surface area contributed by atoms with E-state index in [1.165, 1.54) is 42.1 Å². The summed E-state index contributed by atoms with van der Waals surface area (Å²) >= 11 is 1.86. The highest BCUT2D eigenvalue weighted by molar-refractivity contribution is 7.26. The van der Waals surface area contributed by atoms with Gasteiger partial charge in [-0.25, -0.2) is 15.0 Å². The summed E-state index contributed by atoms with van der Waals surface area (Å²) in [6.07, 6.45) is 0. The quantitative estimate of drug-likeness (QED) is 0.161. The maximum absolute atomic E-state index is 5.30. The molecule has 4 nitrogen and oxygen atoms in total. The van der Waals surface area contributed by atoms with Gasteiger partial charge in [0.2, 0.25) is 0 Å². The third kappa shape index (κ3) is 6.18. The molecule has 0 aliphatic heterocycles. The standard InChI is InChI=1S/C57H36N4S/c1-3-15-37(16-4-1)42-33-34-49(52(36-42)61-50-26-10-7-21-45(50)46-22-8-11-27-51(46)61)57-59-55(39-17-5-2-6-18-39)58-56(60-57)40-31-29-38(30-32-40)41-19-13-20-43(35-41)44-24-14-25-48-47-23-9-12-28-53(47)62-54(44)48/h1-36H. The second-order valence-electron chi connectivity index (χ2n) is 15.6. The lowest BCUT2D eigenvalue weighted by molar-refractivity contribution is 1.06. The molecule has 0 spiro atoms. The van der Waals surface area contributed by atoms with E-state index >= 15 is 0 Å². The first kappa shape index (κ1) is 35.9. The van der Waals surface area contributed by atoms with Crippen molar-refractivity contribution in [3.05, 3.63) is 218 Å². The van der Waals surface area contributed by atoms with Crippen LogP contribution in [0.2, 0.25) is 0 Å². The van der Waals surface area contributed by atoms with Crippen LogP contribution in [-0.4, -0.2) is 19.5 Å². The van der Waals surface area contributed by atoms with Crippen LogP contribution in [0.5, 0.6) is 0 Å². The van der Waals surface area contributed by atoms with Crippen LogP contribution in [-0.2, 0) is 0 Å². The number of aromatic nitrogens is 4. The van der Waals surface area contributed by atoms with E-state index in [4.69, 9.17) is 15.0 Å². The summed E-state index contributed by atoms with van der Waals surface area (Å²) < 4.78 is 4.99. The van der Waals surface area contributed by atoms with Crippen LogP contribution in [0.4, 0.5) is 0 Å². The maximum Gasteiger partial charge on any atom is 0.166 e. The van der Waals surface area contributed by atoms with Crippen LogP contribution < -0.4 is 0 Å². The molecule has 0 saturated carbocycles. The van der Waals surface area contributed by atoms with E-state index in [9.17, 15) is 0 Å². The number of thiophene rings is 1. The van der Waals surface area contributed by atoms with Crippen LogP contribution in [0.1, 0.15) is 0 Å². The molecule has 0 radical (unpaired) electrons. The molecular weight excluding hydrogens is 773 g/mol. The summed E-state index contributed by atoms with van der Waals surface area (Å²) in [5.41, 5.74) is 13.0. The van der Waals surface area contributed by atoms with E-state index in [-0.39, 0.29) is 0 Å². The molecule has 5 heteroatoms. The summed E-state index contributed by atoms with van der Waals surface area (Å²) in [5.74, 6) is 1.85. The molecule has 0 aliphatic carbocycles. The van der Waals surface area contributed by atoms with Crippen LogP contribution >= 0.6 is 11.3 Å². The number of fused-ring (bicyclic) bond motifs is 6. The molecule has 0 unspecified atom stereocenters. The first-order valence-corrected chi connectivity index (χ1v) is 21.7. The fourth-order valence-corrected chi connectivity index (χ4v) is 10.1. The van der Waals surface area contributed by atoms with Crippen molar-refractivity contribution in [3.63, 3.8) is 0 Å². The smallest absolute Gasteiger partial charge is 0.166 e. The van der Waals surface area contributed by atoms with E-state index in [2.05, 4.69) is 205 Å². The minimum absolute atomic E-state index is 0.609. The number of nitrogens with zero attached hydrogens (tertiary/aromatic N) is 4.